The molecule has 5 rings (SSSR count). The lowest BCUT2D eigenvalue weighted by atomic mass is 9.93. The molecular weight excluding hydrogens is 340 g/mol. The minimum Gasteiger partial charge on any atom is -0.256 e. The fourth-order valence-corrected chi connectivity index (χ4v) is 4.74. The second-order valence-electron chi connectivity index (χ2n) is 8.10. The summed E-state index contributed by atoms with van der Waals surface area (Å²) in [5, 5.41) is 2.23. The van der Waals surface area contributed by atoms with Crippen LogP contribution in [0.25, 0.3) is 22.4 Å². The third-order valence-corrected chi connectivity index (χ3v) is 5.88. The SMILES string of the molecule is Cc1cc(C)cc(C2=Cc3cc(C4CCC(F)(F)C4)cc4ccnc2c34)c1. The molecule has 0 radical (unpaired) electrons. The summed E-state index contributed by atoms with van der Waals surface area (Å²) in [6.07, 6.45) is 4.52. The molecule has 1 saturated carbocycles. The summed E-state index contributed by atoms with van der Waals surface area (Å²) in [4.78, 5) is 4.66. The predicted octanol–water partition coefficient (Wildman–Crippen LogP) is 6.66. The molecule has 0 N–H and O–H groups in total. The molecule has 1 nitrogen and oxygen atoms in total. The first-order valence-electron chi connectivity index (χ1n) is 9.51. The summed E-state index contributed by atoms with van der Waals surface area (Å²) in [6.45, 7) is 4.21. The number of rotatable bonds is 2. The van der Waals surface area contributed by atoms with Crippen LogP contribution < -0.4 is 0 Å². The number of aryl methyl sites for hydroxylation is 2. The van der Waals surface area contributed by atoms with E-state index in [1.807, 2.05) is 12.3 Å². The van der Waals surface area contributed by atoms with Crippen molar-refractivity contribution >= 4 is 22.4 Å². The van der Waals surface area contributed by atoms with Crippen molar-refractivity contribution in [3.63, 3.8) is 0 Å². The van der Waals surface area contributed by atoms with E-state index in [1.54, 1.807) is 0 Å². The van der Waals surface area contributed by atoms with E-state index in [9.17, 15) is 8.78 Å². The second-order valence-corrected chi connectivity index (χ2v) is 8.10. The van der Waals surface area contributed by atoms with Gasteiger partial charge >= 0.3 is 0 Å². The van der Waals surface area contributed by atoms with Crippen molar-refractivity contribution in [2.24, 2.45) is 0 Å². The van der Waals surface area contributed by atoms with Crippen molar-refractivity contribution in [1.82, 2.24) is 4.98 Å². The van der Waals surface area contributed by atoms with Crippen molar-refractivity contribution in [2.75, 3.05) is 0 Å². The first kappa shape index (κ1) is 16.6. The van der Waals surface area contributed by atoms with Gasteiger partial charge in [-0.15, -0.1) is 0 Å². The highest BCUT2D eigenvalue weighted by atomic mass is 19.3. The average molecular weight is 361 g/mol. The first-order chi connectivity index (χ1) is 12.9. The molecule has 1 aromatic heterocycles. The zero-order chi connectivity index (χ0) is 18.8. The first-order valence-corrected chi connectivity index (χ1v) is 9.51. The standard InChI is InChI=1S/C24H21F2N/c1-14-7-15(2)9-19(8-14)21-12-20-11-18(17-3-5-24(25,26)13-17)10-16-4-6-27-23(21)22(16)20/h4,6-12,17H,3,5,13H2,1-2H3. The fraction of sp³-hybridized carbons (Fsp3) is 0.292. The van der Waals surface area contributed by atoms with E-state index in [0.717, 1.165) is 38.7 Å². The Morgan fingerprint density at radius 1 is 1.04 bits per heavy atom. The summed E-state index contributed by atoms with van der Waals surface area (Å²) in [5.74, 6) is -2.58. The van der Waals surface area contributed by atoms with Gasteiger partial charge in [0.2, 0.25) is 5.92 Å². The highest BCUT2D eigenvalue weighted by Gasteiger charge is 2.40. The predicted molar refractivity (Wildman–Crippen MR) is 106 cm³/mol. The van der Waals surface area contributed by atoms with Crippen molar-refractivity contribution in [3.05, 3.63) is 76.1 Å². The minimum atomic E-state index is -2.52. The summed E-state index contributed by atoms with van der Waals surface area (Å²) >= 11 is 0. The van der Waals surface area contributed by atoms with Gasteiger partial charge in [0, 0.05) is 30.0 Å². The van der Waals surface area contributed by atoms with Crippen molar-refractivity contribution in [1.29, 1.82) is 0 Å². The number of pyridine rings is 1. The summed E-state index contributed by atoms with van der Waals surface area (Å²) in [6, 6.07) is 12.7. The number of alkyl halides is 2. The number of benzene rings is 2. The van der Waals surface area contributed by atoms with Crippen LogP contribution in [0.15, 0.2) is 42.6 Å². The molecule has 1 fully saturated rings. The molecule has 0 spiro atoms. The zero-order valence-corrected chi connectivity index (χ0v) is 15.5. The average Bonchev–Trinajstić information content (AvgIpc) is 3.16. The van der Waals surface area contributed by atoms with Gasteiger partial charge in [-0.1, -0.05) is 41.5 Å². The normalized spacial score (nSPS) is 20.3. The van der Waals surface area contributed by atoms with E-state index >= 15 is 0 Å². The van der Waals surface area contributed by atoms with E-state index in [4.69, 9.17) is 0 Å². The second kappa shape index (κ2) is 5.72. The Kier molecular flexibility index (Phi) is 3.52. The lowest BCUT2D eigenvalue weighted by molar-refractivity contribution is 0.00777. The van der Waals surface area contributed by atoms with Crippen LogP contribution in [0, 0.1) is 13.8 Å². The Balaban J connectivity index is 1.65. The number of hydrogen-bond acceptors (Lipinski definition) is 1. The molecule has 3 aromatic rings. The Labute approximate surface area is 157 Å². The molecule has 0 aliphatic heterocycles. The van der Waals surface area contributed by atoms with Crippen molar-refractivity contribution in [2.45, 2.75) is 45.0 Å². The highest BCUT2D eigenvalue weighted by Crippen LogP contribution is 2.47. The molecule has 1 heterocycles. The Hall–Kier alpha value is -2.55. The van der Waals surface area contributed by atoms with E-state index in [1.165, 1.54) is 11.1 Å². The van der Waals surface area contributed by atoms with Crippen LogP contribution in [0.5, 0.6) is 0 Å². The van der Waals surface area contributed by atoms with E-state index in [0.29, 0.717) is 6.42 Å². The molecule has 3 heteroatoms. The molecule has 2 aliphatic carbocycles. The van der Waals surface area contributed by atoms with E-state index < -0.39 is 5.92 Å². The van der Waals surface area contributed by atoms with Gasteiger partial charge in [0.1, 0.15) is 0 Å². The molecule has 0 bridgehead atoms. The van der Waals surface area contributed by atoms with Crippen LogP contribution >= 0.6 is 0 Å². The number of halogens is 2. The van der Waals surface area contributed by atoms with Crippen LogP contribution in [0.4, 0.5) is 8.78 Å². The van der Waals surface area contributed by atoms with Gasteiger partial charge in [-0.2, -0.15) is 0 Å². The molecule has 136 valence electrons. The molecule has 27 heavy (non-hydrogen) atoms. The minimum absolute atomic E-state index is 0.00368. The van der Waals surface area contributed by atoms with E-state index in [2.05, 4.69) is 55.2 Å². The maximum absolute atomic E-state index is 13.7. The molecule has 2 aliphatic rings. The van der Waals surface area contributed by atoms with Crippen LogP contribution in [-0.4, -0.2) is 10.9 Å². The number of aromatic nitrogens is 1. The largest absolute Gasteiger partial charge is 0.256 e. The Bertz CT molecular complexity index is 1090. The number of nitrogens with zero attached hydrogens (tertiary/aromatic N) is 1. The third kappa shape index (κ3) is 2.77. The molecule has 0 amide bonds. The van der Waals surface area contributed by atoms with Gasteiger partial charge < -0.3 is 0 Å². The van der Waals surface area contributed by atoms with Gasteiger partial charge in [-0.25, -0.2) is 8.78 Å². The maximum atomic E-state index is 13.7. The number of hydrogen-bond donors (Lipinski definition) is 0. The van der Waals surface area contributed by atoms with Gasteiger partial charge in [0.25, 0.3) is 0 Å². The molecule has 1 atom stereocenters. The topological polar surface area (TPSA) is 12.9 Å². The zero-order valence-electron chi connectivity index (χ0n) is 15.5. The monoisotopic (exact) mass is 361 g/mol. The van der Waals surface area contributed by atoms with Crippen LogP contribution in [0.3, 0.4) is 0 Å². The van der Waals surface area contributed by atoms with Crippen LogP contribution in [0.1, 0.15) is 58.7 Å². The molecular formula is C24H21F2N. The van der Waals surface area contributed by atoms with Gasteiger partial charge in [0.05, 0.1) is 5.69 Å². The maximum Gasteiger partial charge on any atom is 0.248 e. The summed E-state index contributed by atoms with van der Waals surface area (Å²) < 4.78 is 27.4. The molecule has 2 aromatic carbocycles. The lowest BCUT2D eigenvalue weighted by Gasteiger charge is -2.13. The molecule has 1 unspecified atom stereocenters. The van der Waals surface area contributed by atoms with Gasteiger partial charge in [-0.05, 0) is 60.4 Å². The van der Waals surface area contributed by atoms with Gasteiger partial charge in [0.15, 0.2) is 0 Å². The Morgan fingerprint density at radius 3 is 2.52 bits per heavy atom. The molecule has 0 saturated heterocycles. The highest BCUT2D eigenvalue weighted by molar-refractivity contribution is 6.11. The van der Waals surface area contributed by atoms with Crippen molar-refractivity contribution < 1.29 is 8.78 Å². The Morgan fingerprint density at radius 2 is 1.81 bits per heavy atom. The smallest absolute Gasteiger partial charge is 0.248 e. The van der Waals surface area contributed by atoms with Crippen LogP contribution in [-0.2, 0) is 0 Å². The summed E-state index contributed by atoms with van der Waals surface area (Å²) in [7, 11) is 0. The van der Waals surface area contributed by atoms with Gasteiger partial charge in [-0.3, -0.25) is 4.98 Å². The lowest BCUT2D eigenvalue weighted by Crippen LogP contribution is -2.09. The quantitative estimate of drug-likeness (QED) is 0.389. The summed E-state index contributed by atoms with van der Waals surface area (Å²) in [5.41, 5.74) is 7.87. The van der Waals surface area contributed by atoms with E-state index in [-0.39, 0.29) is 18.8 Å². The van der Waals surface area contributed by atoms with Crippen LogP contribution in [0.2, 0.25) is 0 Å². The third-order valence-electron chi connectivity index (χ3n) is 5.88. The fourth-order valence-electron chi connectivity index (χ4n) is 4.74. The van der Waals surface area contributed by atoms with Crippen molar-refractivity contribution in [3.8, 4) is 0 Å².